The van der Waals surface area contributed by atoms with Gasteiger partial charge in [0.05, 0.1) is 11.4 Å². The number of anilines is 1. The van der Waals surface area contributed by atoms with Crippen molar-refractivity contribution in [2.75, 3.05) is 5.32 Å². The number of phenols is 1. The molecule has 0 aliphatic rings. The van der Waals surface area contributed by atoms with Crippen LogP contribution < -0.4 is 5.32 Å². The number of nitrogens with one attached hydrogen (secondary N) is 1. The highest BCUT2D eigenvalue weighted by Crippen LogP contribution is 2.33. The lowest BCUT2D eigenvalue weighted by Crippen LogP contribution is -2.16. The summed E-state index contributed by atoms with van der Waals surface area (Å²) in [6.07, 6.45) is -4.72. The Morgan fingerprint density at radius 2 is 1.81 bits per heavy atom. The fourth-order valence-corrected chi connectivity index (χ4v) is 3.26. The summed E-state index contributed by atoms with van der Waals surface area (Å²) in [5, 5.41) is 16.2. The number of nitrogens with zero attached hydrogens (tertiary/aromatic N) is 3. The molecule has 2 heterocycles. The Bertz CT molecular complexity index is 1300. The molecule has 1 amide bonds. The number of amides is 1. The zero-order valence-corrected chi connectivity index (χ0v) is 17.5. The molecule has 10 heteroatoms. The second kappa shape index (κ2) is 7.69. The van der Waals surface area contributed by atoms with E-state index in [1.165, 1.54) is 18.2 Å². The van der Waals surface area contributed by atoms with Crippen LogP contribution in [-0.2, 0) is 6.18 Å². The third-order valence-electron chi connectivity index (χ3n) is 4.49. The van der Waals surface area contributed by atoms with Crippen LogP contribution in [0.4, 0.5) is 18.9 Å². The number of carbonyl (C=O) groups is 1. The first kappa shape index (κ1) is 20.9. The van der Waals surface area contributed by atoms with E-state index in [-0.39, 0.29) is 28.5 Å². The molecule has 4 rings (SSSR count). The molecule has 4 aromatic rings. The number of aromatic nitrogens is 3. The number of carbonyl (C=O) groups excluding carboxylic acids is 1. The quantitative estimate of drug-likeness (QED) is 0.374. The largest absolute Gasteiger partial charge is 0.506 e. The normalized spacial score (nSPS) is 11.6. The number of rotatable bonds is 3. The number of aromatic hydroxyl groups is 1. The van der Waals surface area contributed by atoms with Crippen LogP contribution in [0.2, 0.25) is 0 Å². The second-order valence-corrected chi connectivity index (χ2v) is 7.72. The van der Waals surface area contributed by atoms with Crippen LogP contribution in [0.15, 0.2) is 59.1 Å². The van der Waals surface area contributed by atoms with Crippen LogP contribution in [-0.4, -0.2) is 25.6 Å². The van der Waals surface area contributed by atoms with Gasteiger partial charge in [0, 0.05) is 16.1 Å². The SMILES string of the molecule is Cc1ccc(O)c(NC(=O)c2cc3nc(-c4ccc(Br)cc4)cc(C(F)(F)F)n3n2)c1. The average Bonchev–Trinajstić information content (AvgIpc) is 3.14. The Kier molecular flexibility index (Phi) is 5.18. The third-order valence-corrected chi connectivity index (χ3v) is 5.02. The van der Waals surface area contributed by atoms with E-state index >= 15 is 0 Å². The van der Waals surface area contributed by atoms with Gasteiger partial charge in [-0.3, -0.25) is 4.79 Å². The van der Waals surface area contributed by atoms with Crippen molar-refractivity contribution < 1.29 is 23.1 Å². The Morgan fingerprint density at radius 1 is 1.10 bits per heavy atom. The van der Waals surface area contributed by atoms with Gasteiger partial charge in [-0.05, 0) is 42.8 Å². The molecule has 6 nitrogen and oxygen atoms in total. The van der Waals surface area contributed by atoms with E-state index < -0.39 is 17.8 Å². The molecule has 0 saturated carbocycles. The van der Waals surface area contributed by atoms with Crippen molar-refractivity contribution in [3.8, 4) is 17.0 Å². The highest BCUT2D eigenvalue weighted by atomic mass is 79.9. The predicted octanol–water partition coefficient (Wildman–Crippen LogP) is 5.44. The van der Waals surface area contributed by atoms with E-state index in [1.54, 1.807) is 37.3 Å². The number of halogens is 4. The summed E-state index contributed by atoms with van der Waals surface area (Å²) >= 11 is 3.28. The number of hydrogen-bond donors (Lipinski definition) is 2. The summed E-state index contributed by atoms with van der Waals surface area (Å²) in [7, 11) is 0. The minimum absolute atomic E-state index is 0.0931. The molecule has 31 heavy (non-hydrogen) atoms. The molecule has 0 radical (unpaired) electrons. The van der Waals surface area contributed by atoms with Gasteiger partial charge in [0.1, 0.15) is 5.75 Å². The maximum Gasteiger partial charge on any atom is 0.433 e. The van der Waals surface area contributed by atoms with Gasteiger partial charge in [-0.2, -0.15) is 18.3 Å². The van der Waals surface area contributed by atoms with Crippen LogP contribution >= 0.6 is 15.9 Å². The van der Waals surface area contributed by atoms with Gasteiger partial charge in [-0.25, -0.2) is 9.50 Å². The molecule has 0 aliphatic heterocycles. The van der Waals surface area contributed by atoms with Crippen LogP contribution in [0.25, 0.3) is 16.9 Å². The van der Waals surface area contributed by atoms with E-state index in [0.29, 0.717) is 10.1 Å². The van der Waals surface area contributed by atoms with Gasteiger partial charge in [0.15, 0.2) is 17.0 Å². The predicted molar refractivity (Wildman–Crippen MR) is 112 cm³/mol. The first-order valence-corrected chi connectivity index (χ1v) is 9.76. The number of hydrogen-bond acceptors (Lipinski definition) is 4. The molecule has 0 saturated heterocycles. The Balaban J connectivity index is 1.79. The highest BCUT2D eigenvalue weighted by molar-refractivity contribution is 9.10. The van der Waals surface area contributed by atoms with Crippen molar-refractivity contribution in [2.24, 2.45) is 0 Å². The molecular formula is C21H14BrF3N4O2. The molecule has 0 fully saturated rings. The smallest absolute Gasteiger partial charge is 0.433 e. The molecular weight excluding hydrogens is 477 g/mol. The summed E-state index contributed by atoms with van der Waals surface area (Å²) in [5.41, 5.74) is 0.0135. The minimum atomic E-state index is -4.72. The zero-order valence-electron chi connectivity index (χ0n) is 15.9. The van der Waals surface area contributed by atoms with E-state index in [9.17, 15) is 23.1 Å². The molecule has 0 bridgehead atoms. The fourth-order valence-electron chi connectivity index (χ4n) is 2.99. The van der Waals surface area contributed by atoms with Crippen molar-refractivity contribution >= 4 is 33.2 Å². The van der Waals surface area contributed by atoms with Crippen molar-refractivity contribution in [1.82, 2.24) is 14.6 Å². The zero-order chi connectivity index (χ0) is 22.3. The fraction of sp³-hybridized carbons (Fsp3) is 0.0952. The van der Waals surface area contributed by atoms with Crippen LogP contribution in [0, 0.1) is 6.92 Å². The van der Waals surface area contributed by atoms with Crippen LogP contribution in [0.5, 0.6) is 5.75 Å². The molecule has 0 unspecified atom stereocenters. The monoisotopic (exact) mass is 490 g/mol. The minimum Gasteiger partial charge on any atom is -0.506 e. The van der Waals surface area contributed by atoms with Crippen molar-refractivity contribution in [2.45, 2.75) is 13.1 Å². The lowest BCUT2D eigenvalue weighted by atomic mass is 10.1. The molecule has 2 N–H and O–H groups in total. The van der Waals surface area contributed by atoms with Gasteiger partial charge >= 0.3 is 6.18 Å². The number of alkyl halides is 3. The van der Waals surface area contributed by atoms with Gasteiger partial charge in [0.25, 0.3) is 5.91 Å². The molecule has 2 aromatic carbocycles. The number of fused-ring (bicyclic) bond motifs is 1. The molecule has 2 aromatic heterocycles. The first-order chi connectivity index (χ1) is 14.6. The van der Waals surface area contributed by atoms with E-state index in [0.717, 1.165) is 16.1 Å². The molecule has 0 aliphatic carbocycles. The lowest BCUT2D eigenvalue weighted by molar-refractivity contribution is -0.142. The number of aryl methyl sites for hydroxylation is 1. The Hall–Kier alpha value is -3.40. The maximum atomic E-state index is 13.7. The first-order valence-electron chi connectivity index (χ1n) is 8.97. The van der Waals surface area contributed by atoms with E-state index in [2.05, 4.69) is 31.3 Å². The summed E-state index contributed by atoms with van der Waals surface area (Å²) in [4.78, 5) is 16.8. The molecule has 158 valence electrons. The number of benzene rings is 2. The third kappa shape index (κ3) is 4.24. The standard InChI is InChI=1S/C21H14BrF3N4O2/c1-11-2-7-17(30)15(8-11)27-20(31)16-10-19-26-14(12-3-5-13(22)6-4-12)9-18(21(23,24)25)29(19)28-16/h2-10,30H,1H3,(H,27,31). The second-order valence-electron chi connectivity index (χ2n) is 6.81. The summed E-state index contributed by atoms with van der Waals surface area (Å²) < 4.78 is 42.5. The molecule has 0 spiro atoms. The lowest BCUT2D eigenvalue weighted by Gasteiger charge is -2.11. The van der Waals surface area contributed by atoms with Crippen LogP contribution in [0.3, 0.4) is 0 Å². The highest BCUT2D eigenvalue weighted by Gasteiger charge is 2.35. The molecule has 0 atom stereocenters. The Morgan fingerprint density at radius 3 is 2.48 bits per heavy atom. The van der Waals surface area contributed by atoms with E-state index in [4.69, 9.17) is 0 Å². The van der Waals surface area contributed by atoms with Crippen molar-refractivity contribution in [3.05, 3.63) is 76.0 Å². The van der Waals surface area contributed by atoms with Crippen LogP contribution in [0.1, 0.15) is 21.7 Å². The number of phenolic OH excluding ortho intramolecular Hbond substituents is 1. The van der Waals surface area contributed by atoms with Gasteiger partial charge in [-0.1, -0.05) is 34.1 Å². The summed E-state index contributed by atoms with van der Waals surface area (Å²) in [6, 6.07) is 13.3. The van der Waals surface area contributed by atoms with Gasteiger partial charge in [-0.15, -0.1) is 0 Å². The van der Waals surface area contributed by atoms with Gasteiger partial charge < -0.3 is 10.4 Å². The average molecular weight is 491 g/mol. The topological polar surface area (TPSA) is 79.5 Å². The Labute approximate surface area is 182 Å². The van der Waals surface area contributed by atoms with Gasteiger partial charge in [0.2, 0.25) is 0 Å². The maximum absolute atomic E-state index is 13.7. The van der Waals surface area contributed by atoms with Crippen molar-refractivity contribution in [3.63, 3.8) is 0 Å². The summed E-state index contributed by atoms with van der Waals surface area (Å²) in [6.45, 7) is 1.77. The summed E-state index contributed by atoms with van der Waals surface area (Å²) in [5.74, 6) is -0.945. The van der Waals surface area contributed by atoms with Crippen molar-refractivity contribution in [1.29, 1.82) is 0 Å². The van der Waals surface area contributed by atoms with E-state index in [1.807, 2.05) is 0 Å².